The van der Waals surface area contributed by atoms with Gasteiger partial charge in [-0.2, -0.15) is 4.98 Å². The van der Waals surface area contributed by atoms with E-state index in [-0.39, 0.29) is 5.91 Å². The fourth-order valence-electron chi connectivity index (χ4n) is 2.89. The fraction of sp³-hybridized carbons (Fsp3) is 0.444. The van der Waals surface area contributed by atoms with Gasteiger partial charge in [-0.25, -0.2) is 4.98 Å². The Kier molecular flexibility index (Phi) is 5.42. The molecule has 0 aromatic carbocycles. The number of likely N-dealkylation sites (N-methyl/N-ethyl adjacent to an activating group) is 1. The van der Waals surface area contributed by atoms with Crippen molar-refractivity contribution in [1.82, 2.24) is 19.9 Å². The average molecular weight is 340 g/mol. The lowest BCUT2D eigenvalue weighted by molar-refractivity contribution is -0.129. The highest BCUT2D eigenvalue weighted by atomic mass is 16.2. The molecule has 0 atom stereocenters. The van der Waals surface area contributed by atoms with Crippen LogP contribution in [0.2, 0.25) is 0 Å². The normalized spacial score (nSPS) is 14.5. The molecule has 1 aliphatic rings. The number of nitrogens with zero attached hydrogens (tertiary/aromatic N) is 6. The average Bonchev–Trinajstić information content (AvgIpc) is 2.67. The van der Waals surface area contributed by atoms with Gasteiger partial charge >= 0.3 is 0 Å². The van der Waals surface area contributed by atoms with Gasteiger partial charge in [0, 0.05) is 65.3 Å². The van der Waals surface area contributed by atoms with Crippen molar-refractivity contribution in [3.05, 3.63) is 42.4 Å². The van der Waals surface area contributed by atoms with E-state index in [4.69, 9.17) is 4.98 Å². The molecule has 2 aromatic rings. The third-order valence-electron chi connectivity index (χ3n) is 4.51. The lowest BCUT2D eigenvalue weighted by Crippen LogP contribution is -2.48. The minimum absolute atomic E-state index is 0.130. The molecule has 3 rings (SSSR count). The molecule has 7 heteroatoms. The smallest absolute Gasteiger partial charge is 0.227 e. The molecular formula is C18H24N6O. The van der Waals surface area contributed by atoms with Gasteiger partial charge in [0.05, 0.1) is 0 Å². The second-order valence-electron chi connectivity index (χ2n) is 6.23. The van der Waals surface area contributed by atoms with Crippen molar-refractivity contribution >= 4 is 17.7 Å². The van der Waals surface area contributed by atoms with Gasteiger partial charge in [0.2, 0.25) is 11.9 Å². The Hall–Kier alpha value is -2.70. The van der Waals surface area contributed by atoms with Crippen LogP contribution in [0.1, 0.15) is 12.5 Å². The number of amides is 1. The number of carbonyl (C=O) groups is 1. The van der Waals surface area contributed by atoms with Gasteiger partial charge in [-0.05, 0) is 30.2 Å². The predicted molar refractivity (Wildman–Crippen MR) is 97.7 cm³/mol. The first-order valence-electron chi connectivity index (χ1n) is 8.57. The number of hydrogen-bond donors (Lipinski definition) is 0. The highest BCUT2D eigenvalue weighted by Gasteiger charge is 2.20. The van der Waals surface area contributed by atoms with Gasteiger partial charge < -0.3 is 14.7 Å². The van der Waals surface area contributed by atoms with Gasteiger partial charge in [-0.15, -0.1) is 0 Å². The van der Waals surface area contributed by atoms with E-state index in [0.717, 1.165) is 50.9 Å². The Labute approximate surface area is 148 Å². The van der Waals surface area contributed by atoms with Crippen LogP contribution in [-0.2, 0) is 11.2 Å². The number of anilines is 2. The van der Waals surface area contributed by atoms with Crippen LogP contribution in [-0.4, -0.2) is 65.5 Å². The molecule has 132 valence electrons. The SMILES string of the molecule is CC(=O)N1CCN(c2nccc(N(C)CCc3ccncc3)n2)CC1. The highest BCUT2D eigenvalue weighted by Crippen LogP contribution is 2.16. The van der Waals surface area contributed by atoms with E-state index in [1.807, 2.05) is 42.5 Å². The van der Waals surface area contributed by atoms with Gasteiger partial charge in [0.25, 0.3) is 0 Å². The predicted octanol–water partition coefficient (Wildman–Crippen LogP) is 1.22. The molecule has 2 aromatic heterocycles. The summed E-state index contributed by atoms with van der Waals surface area (Å²) in [4.78, 5) is 30.7. The molecule has 0 radical (unpaired) electrons. The zero-order valence-electron chi connectivity index (χ0n) is 14.8. The largest absolute Gasteiger partial charge is 0.359 e. The highest BCUT2D eigenvalue weighted by molar-refractivity contribution is 5.73. The fourth-order valence-corrected chi connectivity index (χ4v) is 2.89. The molecular weight excluding hydrogens is 316 g/mol. The van der Waals surface area contributed by atoms with Crippen molar-refractivity contribution in [2.75, 3.05) is 49.6 Å². The number of carbonyl (C=O) groups excluding carboxylic acids is 1. The van der Waals surface area contributed by atoms with Gasteiger partial charge in [0.1, 0.15) is 5.82 Å². The summed E-state index contributed by atoms with van der Waals surface area (Å²) in [5.74, 6) is 1.77. The molecule has 25 heavy (non-hydrogen) atoms. The molecule has 1 saturated heterocycles. The summed E-state index contributed by atoms with van der Waals surface area (Å²) in [5.41, 5.74) is 1.26. The summed E-state index contributed by atoms with van der Waals surface area (Å²) in [7, 11) is 2.04. The molecule has 0 spiro atoms. The number of rotatable bonds is 5. The summed E-state index contributed by atoms with van der Waals surface area (Å²) < 4.78 is 0. The summed E-state index contributed by atoms with van der Waals surface area (Å²) in [6, 6.07) is 6.00. The van der Waals surface area contributed by atoms with Crippen LogP contribution >= 0.6 is 0 Å². The molecule has 1 fully saturated rings. The number of pyridine rings is 1. The maximum absolute atomic E-state index is 11.4. The van der Waals surface area contributed by atoms with E-state index in [2.05, 4.69) is 19.8 Å². The Bertz CT molecular complexity index is 700. The summed E-state index contributed by atoms with van der Waals surface area (Å²) >= 11 is 0. The lowest BCUT2D eigenvalue weighted by Gasteiger charge is -2.34. The van der Waals surface area contributed by atoms with Gasteiger partial charge in [-0.1, -0.05) is 0 Å². The van der Waals surface area contributed by atoms with Crippen LogP contribution < -0.4 is 9.80 Å². The first kappa shape index (κ1) is 17.1. The van der Waals surface area contributed by atoms with E-state index >= 15 is 0 Å². The third kappa shape index (κ3) is 4.43. The second kappa shape index (κ2) is 7.92. The quantitative estimate of drug-likeness (QED) is 0.815. The minimum atomic E-state index is 0.130. The number of piperazine rings is 1. The van der Waals surface area contributed by atoms with Crippen molar-refractivity contribution in [2.24, 2.45) is 0 Å². The molecule has 0 N–H and O–H groups in total. The molecule has 1 aliphatic heterocycles. The van der Waals surface area contributed by atoms with E-state index < -0.39 is 0 Å². The summed E-state index contributed by atoms with van der Waals surface area (Å²) in [5, 5.41) is 0. The summed E-state index contributed by atoms with van der Waals surface area (Å²) in [6.45, 7) is 5.47. The second-order valence-corrected chi connectivity index (χ2v) is 6.23. The Morgan fingerprint density at radius 2 is 1.84 bits per heavy atom. The molecule has 1 amide bonds. The first-order valence-corrected chi connectivity index (χ1v) is 8.57. The van der Waals surface area contributed by atoms with Crippen LogP contribution in [0.15, 0.2) is 36.8 Å². The molecule has 0 aliphatic carbocycles. The standard InChI is InChI=1S/C18H24N6O/c1-15(25)23-11-13-24(14-12-23)18-20-9-5-17(21-18)22(2)10-6-16-3-7-19-8-4-16/h3-5,7-9H,6,10-14H2,1-2H3. The summed E-state index contributed by atoms with van der Waals surface area (Å²) in [6.07, 6.45) is 6.38. The van der Waals surface area contributed by atoms with E-state index in [1.165, 1.54) is 5.56 Å². The maximum Gasteiger partial charge on any atom is 0.227 e. The van der Waals surface area contributed by atoms with Crippen LogP contribution in [0.5, 0.6) is 0 Å². The Balaban J connectivity index is 1.60. The first-order chi connectivity index (χ1) is 12.1. The minimum Gasteiger partial charge on any atom is -0.359 e. The topological polar surface area (TPSA) is 65.5 Å². The van der Waals surface area contributed by atoms with Crippen molar-refractivity contribution < 1.29 is 4.79 Å². The molecule has 0 bridgehead atoms. The van der Waals surface area contributed by atoms with Crippen molar-refractivity contribution in [2.45, 2.75) is 13.3 Å². The zero-order valence-corrected chi connectivity index (χ0v) is 14.8. The zero-order chi connectivity index (χ0) is 17.6. The van der Waals surface area contributed by atoms with Gasteiger partial charge in [-0.3, -0.25) is 9.78 Å². The molecule has 0 saturated carbocycles. The van der Waals surface area contributed by atoms with Gasteiger partial charge in [0.15, 0.2) is 0 Å². The van der Waals surface area contributed by atoms with Crippen molar-refractivity contribution in [3.63, 3.8) is 0 Å². The van der Waals surface area contributed by atoms with E-state index in [1.54, 1.807) is 13.1 Å². The third-order valence-corrected chi connectivity index (χ3v) is 4.51. The number of hydrogen-bond acceptors (Lipinski definition) is 6. The van der Waals surface area contributed by atoms with Crippen molar-refractivity contribution in [3.8, 4) is 0 Å². The van der Waals surface area contributed by atoms with E-state index in [0.29, 0.717) is 0 Å². The van der Waals surface area contributed by atoms with Crippen LogP contribution in [0.25, 0.3) is 0 Å². The van der Waals surface area contributed by atoms with E-state index in [9.17, 15) is 4.79 Å². The molecule has 0 unspecified atom stereocenters. The maximum atomic E-state index is 11.4. The van der Waals surface area contributed by atoms with Crippen LogP contribution in [0.3, 0.4) is 0 Å². The lowest BCUT2D eigenvalue weighted by atomic mass is 10.2. The molecule has 3 heterocycles. The Morgan fingerprint density at radius 1 is 1.12 bits per heavy atom. The van der Waals surface area contributed by atoms with Crippen molar-refractivity contribution in [1.29, 1.82) is 0 Å². The monoisotopic (exact) mass is 340 g/mol. The molecule has 7 nitrogen and oxygen atoms in total. The van der Waals surface area contributed by atoms with Crippen LogP contribution in [0, 0.1) is 0 Å². The number of aromatic nitrogens is 3. The Morgan fingerprint density at radius 3 is 2.52 bits per heavy atom. The van der Waals surface area contributed by atoms with Crippen LogP contribution in [0.4, 0.5) is 11.8 Å².